The minimum atomic E-state index is -0.693. The second-order valence-corrected chi connectivity index (χ2v) is 5.78. The van der Waals surface area contributed by atoms with Crippen molar-refractivity contribution in [2.24, 2.45) is 0 Å². The molecule has 7 nitrogen and oxygen atoms in total. The molecule has 0 saturated heterocycles. The van der Waals surface area contributed by atoms with E-state index >= 15 is 0 Å². The highest BCUT2D eigenvalue weighted by molar-refractivity contribution is 6.30. The van der Waals surface area contributed by atoms with Gasteiger partial charge in [0.2, 0.25) is 0 Å². The van der Waals surface area contributed by atoms with E-state index in [0.717, 1.165) is 11.1 Å². The molecule has 1 amide bonds. The molecule has 0 unspecified atom stereocenters. The van der Waals surface area contributed by atoms with Crippen LogP contribution in [0.5, 0.6) is 0 Å². The van der Waals surface area contributed by atoms with Crippen molar-refractivity contribution < 1.29 is 19.2 Å². The zero-order chi connectivity index (χ0) is 18.6. The third-order valence-corrected chi connectivity index (χ3v) is 3.75. The average molecular weight is 363 g/mol. The predicted octanol–water partition coefficient (Wildman–Crippen LogP) is 3.66. The molecule has 0 radical (unpaired) electrons. The summed E-state index contributed by atoms with van der Waals surface area (Å²) < 4.78 is 4.89. The van der Waals surface area contributed by atoms with Gasteiger partial charge in [-0.05, 0) is 55.3 Å². The Labute approximate surface area is 148 Å². The number of nitrogens with one attached hydrogen (secondary N) is 1. The molecule has 2 aromatic rings. The Balaban J connectivity index is 2.03. The Kier molecular flexibility index (Phi) is 5.71. The summed E-state index contributed by atoms with van der Waals surface area (Å²) in [6, 6.07) is 8.87. The molecule has 0 fully saturated rings. The van der Waals surface area contributed by atoms with Crippen molar-refractivity contribution >= 4 is 34.9 Å². The maximum Gasteiger partial charge on any atom is 0.338 e. The van der Waals surface area contributed by atoms with Gasteiger partial charge in [-0.25, -0.2) is 4.79 Å². The van der Waals surface area contributed by atoms with E-state index in [0.29, 0.717) is 5.02 Å². The van der Waals surface area contributed by atoms with Crippen LogP contribution >= 0.6 is 11.6 Å². The highest BCUT2D eigenvalue weighted by Crippen LogP contribution is 2.27. The molecule has 0 spiro atoms. The smallest absolute Gasteiger partial charge is 0.338 e. The molecule has 0 heterocycles. The number of carbonyl (C=O) groups excluding carboxylic acids is 2. The Bertz CT molecular complexity index is 834. The third-order valence-electron chi connectivity index (χ3n) is 3.50. The average Bonchev–Trinajstić information content (AvgIpc) is 2.56. The summed E-state index contributed by atoms with van der Waals surface area (Å²) in [5, 5.41) is 14.0. The van der Waals surface area contributed by atoms with E-state index in [1.54, 1.807) is 13.8 Å². The van der Waals surface area contributed by atoms with Crippen molar-refractivity contribution in [3.63, 3.8) is 0 Å². The SMILES string of the molecule is Cc1cc(NC(=O)COC(=O)c2ccc(Cl)cc2)c([N+](=O)[O-])cc1C. The van der Waals surface area contributed by atoms with Crippen LogP contribution in [0, 0.1) is 24.0 Å². The number of nitro groups is 1. The molecule has 1 N–H and O–H groups in total. The molecular formula is C17H15ClN2O5. The number of halogens is 1. The molecule has 2 aromatic carbocycles. The van der Waals surface area contributed by atoms with Crippen LogP contribution in [-0.2, 0) is 9.53 Å². The van der Waals surface area contributed by atoms with Crippen LogP contribution in [0.1, 0.15) is 21.5 Å². The lowest BCUT2D eigenvalue weighted by molar-refractivity contribution is -0.384. The van der Waals surface area contributed by atoms with Crippen LogP contribution in [0.4, 0.5) is 11.4 Å². The van der Waals surface area contributed by atoms with Crippen molar-refractivity contribution in [3.8, 4) is 0 Å². The van der Waals surface area contributed by atoms with Gasteiger partial charge in [-0.15, -0.1) is 0 Å². The topological polar surface area (TPSA) is 98.5 Å². The quantitative estimate of drug-likeness (QED) is 0.497. The van der Waals surface area contributed by atoms with E-state index in [1.807, 2.05) is 0 Å². The van der Waals surface area contributed by atoms with Gasteiger partial charge in [-0.3, -0.25) is 14.9 Å². The number of anilines is 1. The van der Waals surface area contributed by atoms with Crippen LogP contribution in [-0.4, -0.2) is 23.4 Å². The lowest BCUT2D eigenvalue weighted by atomic mass is 10.1. The van der Waals surface area contributed by atoms with Crippen molar-refractivity contribution in [2.45, 2.75) is 13.8 Å². The minimum absolute atomic E-state index is 0.0561. The van der Waals surface area contributed by atoms with E-state index in [1.165, 1.54) is 36.4 Å². The molecule has 2 rings (SSSR count). The fraction of sp³-hybridized carbons (Fsp3) is 0.176. The molecule has 0 aliphatic rings. The van der Waals surface area contributed by atoms with Crippen molar-refractivity contribution in [3.05, 3.63) is 68.2 Å². The number of amides is 1. The molecule has 0 saturated carbocycles. The number of hydrogen-bond donors (Lipinski definition) is 1. The molecule has 0 aromatic heterocycles. The molecule has 0 aliphatic heterocycles. The number of esters is 1. The molecule has 25 heavy (non-hydrogen) atoms. The van der Waals surface area contributed by atoms with Crippen LogP contribution in [0.3, 0.4) is 0 Å². The summed E-state index contributed by atoms with van der Waals surface area (Å²) in [6.07, 6.45) is 0. The fourth-order valence-corrected chi connectivity index (χ4v) is 2.16. The van der Waals surface area contributed by atoms with Crippen molar-refractivity contribution in [1.82, 2.24) is 0 Å². The van der Waals surface area contributed by atoms with Gasteiger partial charge in [0.15, 0.2) is 6.61 Å². The number of benzene rings is 2. The third kappa shape index (κ3) is 4.77. The Hall–Kier alpha value is -2.93. The first-order valence-corrected chi connectivity index (χ1v) is 7.64. The Morgan fingerprint density at radius 3 is 2.36 bits per heavy atom. The Morgan fingerprint density at radius 2 is 1.76 bits per heavy atom. The monoisotopic (exact) mass is 362 g/mol. The predicted molar refractivity (Wildman–Crippen MR) is 92.9 cm³/mol. The standard InChI is InChI=1S/C17H15ClN2O5/c1-10-7-14(15(20(23)24)8-11(10)2)19-16(21)9-25-17(22)12-3-5-13(18)6-4-12/h3-8H,9H2,1-2H3,(H,19,21). The van der Waals surface area contributed by atoms with Crippen LogP contribution in [0.25, 0.3) is 0 Å². The van der Waals surface area contributed by atoms with Gasteiger partial charge >= 0.3 is 5.97 Å². The Morgan fingerprint density at radius 1 is 1.16 bits per heavy atom. The van der Waals surface area contributed by atoms with E-state index in [-0.39, 0.29) is 16.9 Å². The second kappa shape index (κ2) is 7.76. The molecular weight excluding hydrogens is 348 g/mol. The molecule has 130 valence electrons. The lowest BCUT2D eigenvalue weighted by Crippen LogP contribution is -2.21. The lowest BCUT2D eigenvalue weighted by Gasteiger charge is -2.09. The number of nitro benzene ring substituents is 1. The van der Waals surface area contributed by atoms with Crippen LogP contribution in [0.15, 0.2) is 36.4 Å². The van der Waals surface area contributed by atoms with Crippen molar-refractivity contribution in [2.75, 3.05) is 11.9 Å². The number of nitrogens with zero attached hydrogens (tertiary/aromatic N) is 1. The van der Waals surface area contributed by atoms with Gasteiger partial charge in [0.1, 0.15) is 5.69 Å². The van der Waals surface area contributed by atoms with Crippen LogP contribution < -0.4 is 5.32 Å². The highest BCUT2D eigenvalue weighted by Gasteiger charge is 2.18. The van der Waals surface area contributed by atoms with E-state index < -0.39 is 23.4 Å². The van der Waals surface area contributed by atoms with Gasteiger partial charge in [-0.1, -0.05) is 11.6 Å². The maximum absolute atomic E-state index is 11.9. The van der Waals surface area contributed by atoms with Crippen LogP contribution in [0.2, 0.25) is 5.02 Å². The van der Waals surface area contributed by atoms with E-state index in [9.17, 15) is 19.7 Å². The van der Waals surface area contributed by atoms with Gasteiger partial charge in [0.25, 0.3) is 11.6 Å². The highest BCUT2D eigenvalue weighted by atomic mass is 35.5. The maximum atomic E-state index is 11.9. The summed E-state index contributed by atoms with van der Waals surface area (Å²) in [6.45, 7) is 2.95. The number of aryl methyl sites for hydroxylation is 2. The number of rotatable bonds is 5. The van der Waals surface area contributed by atoms with Gasteiger partial charge in [-0.2, -0.15) is 0 Å². The van der Waals surface area contributed by atoms with Gasteiger partial charge in [0, 0.05) is 11.1 Å². The summed E-state index contributed by atoms with van der Waals surface area (Å²) in [5.41, 5.74) is 1.61. The molecule has 0 aliphatic carbocycles. The van der Waals surface area contributed by atoms with E-state index in [4.69, 9.17) is 16.3 Å². The zero-order valence-corrected chi connectivity index (χ0v) is 14.3. The fourth-order valence-electron chi connectivity index (χ4n) is 2.04. The minimum Gasteiger partial charge on any atom is -0.452 e. The van der Waals surface area contributed by atoms with Gasteiger partial charge in [0.05, 0.1) is 10.5 Å². The second-order valence-electron chi connectivity index (χ2n) is 5.34. The first-order valence-electron chi connectivity index (χ1n) is 7.26. The number of hydrogen-bond acceptors (Lipinski definition) is 5. The summed E-state index contributed by atoms with van der Waals surface area (Å²) in [7, 11) is 0. The molecule has 0 atom stereocenters. The van der Waals surface area contributed by atoms with Gasteiger partial charge < -0.3 is 10.1 Å². The zero-order valence-electron chi connectivity index (χ0n) is 13.5. The first kappa shape index (κ1) is 18.4. The van der Waals surface area contributed by atoms with E-state index in [2.05, 4.69) is 5.32 Å². The largest absolute Gasteiger partial charge is 0.452 e. The summed E-state index contributed by atoms with van der Waals surface area (Å²) >= 11 is 5.73. The number of ether oxygens (including phenoxy) is 1. The number of carbonyl (C=O) groups is 2. The summed E-state index contributed by atoms with van der Waals surface area (Å²) in [5.74, 6) is -1.37. The molecule has 8 heteroatoms. The normalized spacial score (nSPS) is 10.2. The summed E-state index contributed by atoms with van der Waals surface area (Å²) in [4.78, 5) is 34.3. The molecule has 0 bridgehead atoms. The first-order chi connectivity index (χ1) is 11.8. The van der Waals surface area contributed by atoms with Crippen molar-refractivity contribution in [1.29, 1.82) is 0 Å².